The molecule has 0 saturated heterocycles. The zero-order valence-electron chi connectivity index (χ0n) is 25.4. The molecule has 0 aliphatic heterocycles. The number of rotatable bonds is 16. The summed E-state index contributed by atoms with van der Waals surface area (Å²) >= 11 is 0. The minimum atomic E-state index is -0.861. The predicted molar refractivity (Wildman–Crippen MR) is 167 cm³/mol. The molecule has 1 amide bonds. The van der Waals surface area contributed by atoms with E-state index >= 15 is 0 Å². The third-order valence-electron chi connectivity index (χ3n) is 7.16. The second kappa shape index (κ2) is 15.9. The third kappa shape index (κ3) is 10.0. The second-order valence-corrected chi connectivity index (χ2v) is 11.4. The summed E-state index contributed by atoms with van der Waals surface area (Å²) in [5.41, 5.74) is 4.02. The van der Waals surface area contributed by atoms with Gasteiger partial charge in [-0.2, -0.15) is 0 Å². The lowest BCUT2D eigenvalue weighted by Gasteiger charge is -2.33. The van der Waals surface area contributed by atoms with Gasteiger partial charge < -0.3 is 24.2 Å². The van der Waals surface area contributed by atoms with Gasteiger partial charge in [-0.1, -0.05) is 69.0 Å². The van der Waals surface area contributed by atoms with Crippen molar-refractivity contribution < 1.29 is 24.1 Å². The molecule has 0 spiro atoms. The maximum atomic E-state index is 11.5. The Balaban J connectivity index is 1.56. The molecule has 0 heterocycles. The number of ether oxygens (including phenoxy) is 3. The molecule has 0 aliphatic rings. The van der Waals surface area contributed by atoms with Crippen LogP contribution in [0.3, 0.4) is 0 Å². The Morgan fingerprint density at radius 3 is 1.90 bits per heavy atom. The van der Waals surface area contributed by atoms with Crippen LogP contribution in [-0.2, 0) is 0 Å². The molecule has 0 atom stereocenters. The molecular formula is C35H47NO5. The van der Waals surface area contributed by atoms with Crippen LogP contribution in [0.4, 0.5) is 4.79 Å². The zero-order valence-corrected chi connectivity index (χ0v) is 25.4. The van der Waals surface area contributed by atoms with Crippen LogP contribution in [0.5, 0.6) is 17.2 Å². The molecule has 0 aromatic heterocycles. The van der Waals surface area contributed by atoms with Gasteiger partial charge in [0.05, 0.1) is 20.3 Å². The van der Waals surface area contributed by atoms with E-state index in [1.807, 2.05) is 51.1 Å². The van der Waals surface area contributed by atoms with Gasteiger partial charge in [0, 0.05) is 23.7 Å². The molecule has 41 heavy (non-hydrogen) atoms. The standard InChI is InChI=1S/C35H47NO5/c1-6-7-11-24-40-30-19-17-28(18-20-30)27-13-15-29(16-14-27)32-22-21-31(39-5)26-33(32)41-25-12-9-8-10-23-36(34(37)38)35(2,3)4/h13-22,26H,6-12,23-25H2,1-5H3,(H,37,38). The quantitative estimate of drug-likeness (QED) is 0.177. The Labute approximate surface area is 246 Å². The maximum absolute atomic E-state index is 11.5. The van der Waals surface area contributed by atoms with E-state index < -0.39 is 6.09 Å². The molecule has 6 heteroatoms. The number of hydrogen-bond donors (Lipinski definition) is 1. The molecule has 0 saturated carbocycles. The first-order valence-corrected chi connectivity index (χ1v) is 14.9. The van der Waals surface area contributed by atoms with E-state index in [0.29, 0.717) is 13.2 Å². The molecule has 0 bridgehead atoms. The maximum Gasteiger partial charge on any atom is 0.407 e. The minimum Gasteiger partial charge on any atom is -0.497 e. The summed E-state index contributed by atoms with van der Waals surface area (Å²) in [5.74, 6) is 2.47. The molecule has 6 nitrogen and oxygen atoms in total. The van der Waals surface area contributed by atoms with Crippen molar-refractivity contribution in [1.82, 2.24) is 4.90 Å². The Hall–Kier alpha value is -3.67. The number of hydrogen-bond acceptors (Lipinski definition) is 4. The number of carboxylic acid groups (broad SMARTS) is 1. The van der Waals surface area contributed by atoms with E-state index in [2.05, 4.69) is 43.3 Å². The van der Waals surface area contributed by atoms with Crippen molar-refractivity contribution in [2.45, 2.75) is 78.2 Å². The predicted octanol–water partition coefficient (Wildman–Crippen LogP) is 9.32. The summed E-state index contributed by atoms with van der Waals surface area (Å²) in [7, 11) is 1.66. The van der Waals surface area contributed by atoms with Crippen molar-refractivity contribution in [2.75, 3.05) is 26.9 Å². The van der Waals surface area contributed by atoms with Crippen LogP contribution in [-0.4, -0.2) is 48.5 Å². The number of benzene rings is 3. The van der Waals surface area contributed by atoms with Crippen molar-refractivity contribution in [3.05, 3.63) is 66.7 Å². The van der Waals surface area contributed by atoms with E-state index in [-0.39, 0.29) is 5.54 Å². The largest absolute Gasteiger partial charge is 0.497 e. The highest BCUT2D eigenvalue weighted by atomic mass is 16.5. The normalized spacial score (nSPS) is 11.2. The van der Waals surface area contributed by atoms with Crippen LogP contribution in [0.2, 0.25) is 0 Å². The fourth-order valence-corrected chi connectivity index (χ4v) is 4.74. The average Bonchev–Trinajstić information content (AvgIpc) is 2.96. The van der Waals surface area contributed by atoms with Gasteiger partial charge in [-0.15, -0.1) is 0 Å². The van der Waals surface area contributed by atoms with Crippen molar-refractivity contribution in [1.29, 1.82) is 0 Å². The number of nitrogens with zero attached hydrogens (tertiary/aromatic N) is 1. The number of amides is 1. The highest BCUT2D eigenvalue weighted by Crippen LogP contribution is 2.35. The molecular weight excluding hydrogens is 514 g/mol. The zero-order chi connectivity index (χ0) is 29.7. The molecule has 3 aromatic carbocycles. The number of unbranched alkanes of at least 4 members (excludes halogenated alkanes) is 5. The summed E-state index contributed by atoms with van der Waals surface area (Å²) in [5, 5.41) is 9.45. The Bertz CT molecular complexity index is 1200. The lowest BCUT2D eigenvalue weighted by atomic mass is 9.99. The van der Waals surface area contributed by atoms with Gasteiger partial charge in [-0.25, -0.2) is 4.79 Å². The topological polar surface area (TPSA) is 68.2 Å². The van der Waals surface area contributed by atoms with Gasteiger partial charge in [-0.3, -0.25) is 0 Å². The van der Waals surface area contributed by atoms with E-state index in [1.54, 1.807) is 7.11 Å². The molecule has 3 rings (SSSR count). The summed E-state index contributed by atoms with van der Waals surface area (Å²) in [6.07, 6.45) is 6.29. The van der Waals surface area contributed by atoms with Crippen LogP contribution in [0.1, 0.15) is 72.6 Å². The first-order valence-electron chi connectivity index (χ1n) is 14.9. The number of carbonyl (C=O) groups is 1. The van der Waals surface area contributed by atoms with Gasteiger partial charge in [-0.05, 0) is 81.0 Å². The lowest BCUT2D eigenvalue weighted by Crippen LogP contribution is -2.45. The Morgan fingerprint density at radius 1 is 0.732 bits per heavy atom. The molecule has 3 aromatic rings. The Kier molecular flexibility index (Phi) is 12.4. The first-order chi connectivity index (χ1) is 19.7. The molecule has 222 valence electrons. The van der Waals surface area contributed by atoms with Gasteiger partial charge in [0.25, 0.3) is 0 Å². The van der Waals surface area contributed by atoms with Crippen molar-refractivity contribution in [2.24, 2.45) is 0 Å². The lowest BCUT2D eigenvalue weighted by molar-refractivity contribution is 0.0989. The monoisotopic (exact) mass is 561 g/mol. The second-order valence-electron chi connectivity index (χ2n) is 11.4. The van der Waals surface area contributed by atoms with E-state index in [9.17, 15) is 9.90 Å². The molecule has 0 radical (unpaired) electrons. The van der Waals surface area contributed by atoms with E-state index in [0.717, 1.165) is 78.2 Å². The van der Waals surface area contributed by atoms with Crippen LogP contribution in [0.25, 0.3) is 22.3 Å². The molecule has 0 fully saturated rings. The summed E-state index contributed by atoms with van der Waals surface area (Å²) in [6, 6.07) is 22.8. The minimum absolute atomic E-state index is 0.386. The average molecular weight is 562 g/mol. The van der Waals surface area contributed by atoms with Gasteiger partial charge in [0.1, 0.15) is 17.2 Å². The molecule has 0 unspecified atom stereocenters. The van der Waals surface area contributed by atoms with E-state index in [1.165, 1.54) is 17.7 Å². The van der Waals surface area contributed by atoms with E-state index in [4.69, 9.17) is 14.2 Å². The molecule has 0 aliphatic carbocycles. The van der Waals surface area contributed by atoms with Crippen molar-refractivity contribution in [3.8, 4) is 39.5 Å². The summed E-state index contributed by atoms with van der Waals surface area (Å²) < 4.78 is 17.5. The highest BCUT2D eigenvalue weighted by molar-refractivity contribution is 5.75. The van der Waals surface area contributed by atoms with Crippen LogP contribution >= 0.6 is 0 Å². The first kappa shape index (κ1) is 31.9. The molecule has 1 N–H and O–H groups in total. The fraction of sp³-hybridized carbons (Fsp3) is 0.457. The third-order valence-corrected chi connectivity index (χ3v) is 7.16. The fourth-order valence-electron chi connectivity index (χ4n) is 4.74. The van der Waals surface area contributed by atoms with Gasteiger partial charge in [0.15, 0.2) is 0 Å². The summed E-state index contributed by atoms with van der Waals surface area (Å²) in [4.78, 5) is 13.0. The van der Waals surface area contributed by atoms with Crippen LogP contribution < -0.4 is 14.2 Å². The SMILES string of the molecule is CCCCCOc1ccc(-c2ccc(-c3ccc(OC)cc3OCCCCCCN(C(=O)O)C(C)(C)C)cc2)cc1. The van der Waals surface area contributed by atoms with Gasteiger partial charge in [0.2, 0.25) is 0 Å². The summed E-state index contributed by atoms with van der Waals surface area (Å²) in [6.45, 7) is 9.88. The van der Waals surface area contributed by atoms with Crippen LogP contribution in [0, 0.1) is 0 Å². The smallest absolute Gasteiger partial charge is 0.407 e. The number of methoxy groups -OCH3 is 1. The van der Waals surface area contributed by atoms with Crippen molar-refractivity contribution in [3.63, 3.8) is 0 Å². The Morgan fingerprint density at radius 2 is 1.29 bits per heavy atom. The van der Waals surface area contributed by atoms with Crippen LogP contribution in [0.15, 0.2) is 66.7 Å². The van der Waals surface area contributed by atoms with Gasteiger partial charge >= 0.3 is 6.09 Å². The highest BCUT2D eigenvalue weighted by Gasteiger charge is 2.25. The van der Waals surface area contributed by atoms with Crippen molar-refractivity contribution >= 4 is 6.09 Å².